The van der Waals surface area contributed by atoms with Gasteiger partial charge in [-0.05, 0) is 24.7 Å². The predicted molar refractivity (Wildman–Crippen MR) is 90.1 cm³/mol. The fraction of sp³-hybridized carbons (Fsp3) is 0.765. The summed E-state index contributed by atoms with van der Waals surface area (Å²) in [6.45, 7) is 14.3. The molecule has 2 heterocycles. The highest BCUT2D eigenvalue weighted by Crippen LogP contribution is 2.29. The summed E-state index contributed by atoms with van der Waals surface area (Å²) >= 11 is 0. The van der Waals surface area contributed by atoms with E-state index in [1.807, 2.05) is 0 Å². The largest absolute Gasteiger partial charge is 0.370 e. The highest BCUT2D eigenvalue weighted by atomic mass is 15.2. The third kappa shape index (κ3) is 4.08. The summed E-state index contributed by atoms with van der Waals surface area (Å²) in [6.07, 6.45) is 2.38. The van der Waals surface area contributed by atoms with Crippen molar-refractivity contribution in [1.82, 2.24) is 9.97 Å². The Balaban J connectivity index is 2.19. The van der Waals surface area contributed by atoms with Crippen LogP contribution in [0.5, 0.6) is 0 Å². The zero-order valence-corrected chi connectivity index (χ0v) is 14.2. The van der Waals surface area contributed by atoms with Gasteiger partial charge in [0, 0.05) is 31.6 Å². The van der Waals surface area contributed by atoms with Crippen LogP contribution in [0.1, 0.15) is 59.2 Å². The molecule has 2 rings (SSSR count). The predicted octanol–water partition coefficient (Wildman–Crippen LogP) is 3.90. The van der Waals surface area contributed by atoms with E-state index in [2.05, 4.69) is 55.9 Å². The standard InChI is InChI=1S/C17H30N4/c1-6-8-18-15-10-16(20-17(19-15)13(4)5)21-9-7-14(11-21)12(2)3/h10,12-14H,6-9,11H2,1-5H3,(H,18,19,20). The van der Waals surface area contributed by atoms with Gasteiger partial charge in [-0.1, -0.05) is 34.6 Å². The molecule has 1 saturated heterocycles. The van der Waals surface area contributed by atoms with Crippen LogP contribution in [0.25, 0.3) is 0 Å². The molecule has 0 saturated carbocycles. The molecular weight excluding hydrogens is 260 g/mol. The van der Waals surface area contributed by atoms with Crippen molar-refractivity contribution in [2.24, 2.45) is 11.8 Å². The van der Waals surface area contributed by atoms with Crippen LogP contribution in [0.4, 0.5) is 11.6 Å². The number of rotatable bonds is 6. The van der Waals surface area contributed by atoms with Crippen molar-refractivity contribution in [3.63, 3.8) is 0 Å². The second-order valence-electron chi connectivity index (χ2n) is 6.79. The Kier molecular flexibility index (Phi) is 5.43. The van der Waals surface area contributed by atoms with Crippen LogP contribution in [-0.2, 0) is 0 Å². The number of anilines is 2. The monoisotopic (exact) mass is 290 g/mol. The lowest BCUT2D eigenvalue weighted by molar-refractivity contribution is 0.422. The van der Waals surface area contributed by atoms with Gasteiger partial charge >= 0.3 is 0 Å². The lowest BCUT2D eigenvalue weighted by Gasteiger charge is -2.21. The summed E-state index contributed by atoms with van der Waals surface area (Å²) in [7, 11) is 0. The summed E-state index contributed by atoms with van der Waals surface area (Å²) < 4.78 is 0. The molecule has 1 aliphatic heterocycles. The van der Waals surface area contributed by atoms with Crippen molar-refractivity contribution in [3.05, 3.63) is 11.9 Å². The minimum atomic E-state index is 0.357. The number of aromatic nitrogens is 2. The van der Waals surface area contributed by atoms with E-state index in [4.69, 9.17) is 4.98 Å². The van der Waals surface area contributed by atoms with Crippen molar-refractivity contribution in [1.29, 1.82) is 0 Å². The molecule has 0 bridgehead atoms. The minimum Gasteiger partial charge on any atom is -0.370 e. The number of nitrogens with one attached hydrogen (secondary N) is 1. The molecule has 1 aromatic rings. The van der Waals surface area contributed by atoms with Gasteiger partial charge in [-0.3, -0.25) is 0 Å². The van der Waals surface area contributed by atoms with Crippen LogP contribution in [0.2, 0.25) is 0 Å². The maximum Gasteiger partial charge on any atom is 0.135 e. The maximum atomic E-state index is 4.79. The summed E-state index contributed by atoms with van der Waals surface area (Å²) in [6, 6.07) is 2.12. The lowest BCUT2D eigenvalue weighted by atomic mass is 9.95. The summed E-state index contributed by atoms with van der Waals surface area (Å²) in [5.74, 6) is 4.90. The normalized spacial score (nSPS) is 18.8. The summed E-state index contributed by atoms with van der Waals surface area (Å²) in [5, 5.41) is 3.41. The third-order valence-electron chi connectivity index (χ3n) is 4.29. The molecule has 118 valence electrons. The molecule has 0 amide bonds. The Labute approximate surface area is 129 Å². The molecule has 1 fully saturated rings. The van der Waals surface area contributed by atoms with Crippen molar-refractivity contribution in [2.75, 3.05) is 29.9 Å². The molecule has 1 atom stereocenters. The van der Waals surface area contributed by atoms with Crippen molar-refractivity contribution in [2.45, 2.75) is 53.4 Å². The van der Waals surface area contributed by atoms with Gasteiger partial charge in [-0.25, -0.2) is 9.97 Å². The Bertz CT molecular complexity index is 456. The van der Waals surface area contributed by atoms with Crippen molar-refractivity contribution < 1.29 is 0 Å². The van der Waals surface area contributed by atoms with E-state index in [1.165, 1.54) is 6.42 Å². The van der Waals surface area contributed by atoms with E-state index >= 15 is 0 Å². The van der Waals surface area contributed by atoms with Crippen molar-refractivity contribution >= 4 is 11.6 Å². The van der Waals surface area contributed by atoms with Gasteiger partial charge in [0.25, 0.3) is 0 Å². The maximum absolute atomic E-state index is 4.79. The van der Waals surface area contributed by atoms with Crippen LogP contribution < -0.4 is 10.2 Å². The molecule has 0 aliphatic carbocycles. The Hall–Kier alpha value is -1.32. The molecule has 0 radical (unpaired) electrons. The van der Waals surface area contributed by atoms with Gasteiger partial charge in [0.1, 0.15) is 17.5 Å². The molecule has 21 heavy (non-hydrogen) atoms. The van der Waals surface area contributed by atoms with E-state index in [1.54, 1.807) is 0 Å². The highest BCUT2D eigenvalue weighted by molar-refractivity contribution is 5.50. The molecule has 1 aromatic heterocycles. The smallest absolute Gasteiger partial charge is 0.135 e. The van der Waals surface area contributed by atoms with E-state index in [0.717, 1.165) is 55.4 Å². The Morgan fingerprint density at radius 1 is 1.29 bits per heavy atom. The first-order valence-corrected chi connectivity index (χ1v) is 8.39. The average molecular weight is 290 g/mol. The average Bonchev–Trinajstić information content (AvgIpc) is 2.94. The van der Waals surface area contributed by atoms with Crippen LogP contribution in [-0.4, -0.2) is 29.6 Å². The van der Waals surface area contributed by atoms with E-state index in [0.29, 0.717) is 5.92 Å². The number of hydrogen-bond acceptors (Lipinski definition) is 4. The summed E-state index contributed by atoms with van der Waals surface area (Å²) in [5.41, 5.74) is 0. The molecule has 1 unspecified atom stereocenters. The van der Waals surface area contributed by atoms with Crippen molar-refractivity contribution in [3.8, 4) is 0 Å². The lowest BCUT2D eigenvalue weighted by Crippen LogP contribution is -2.23. The van der Waals surface area contributed by atoms with Crippen LogP contribution in [0.15, 0.2) is 6.07 Å². The van der Waals surface area contributed by atoms with Gasteiger partial charge < -0.3 is 10.2 Å². The van der Waals surface area contributed by atoms with E-state index in [-0.39, 0.29) is 0 Å². The Morgan fingerprint density at radius 2 is 2.05 bits per heavy atom. The van der Waals surface area contributed by atoms with E-state index < -0.39 is 0 Å². The number of hydrogen-bond donors (Lipinski definition) is 1. The zero-order valence-electron chi connectivity index (χ0n) is 14.2. The van der Waals surface area contributed by atoms with Gasteiger partial charge in [-0.15, -0.1) is 0 Å². The fourth-order valence-electron chi connectivity index (χ4n) is 2.76. The fourth-order valence-corrected chi connectivity index (χ4v) is 2.76. The first-order valence-electron chi connectivity index (χ1n) is 8.39. The molecule has 4 nitrogen and oxygen atoms in total. The van der Waals surface area contributed by atoms with E-state index in [9.17, 15) is 0 Å². The molecular formula is C17H30N4. The minimum absolute atomic E-state index is 0.357. The summed E-state index contributed by atoms with van der Waals surface area (Å²) in [4.78, 5) is 11.9. The van der Waals surface area contributed by atoms with Crippen LogP contribution in [0.3, 0.4) is 0 Å². The highest BCUT2D eigenvalue weighted by Gasteiger charge is 2.26. The van der Waals surface area contributed by atoms with Crippen LogP contribution in [0, 0.1) is 11.8 Å². The molecule has 0 aromatic carbocycles. The SMILES string of the molecule is CCCNc1cc(N2CCC(C(C)C)C2)nc(C(C)C)n1. The second kappa shape index (κ2) is 7.10. The Morgan fingerprint density at radius 3 is 2.62 bits per heavy atom. The zero-order chi connectivity index (χ0) is 15.4. The first-order chi connectivity index (χ1) is 10.0. The van der Waals surface area contributed by atoms with Crippen LogP contribution >= 0.6 is 0 Å². The molecule has 0 spiro atoms. The van der Waals surface area contributed by atoms with Gasteiger partial charge in [-0.2, -0.15) is 0 Å². The van der Waals surface area contributed by atoms with Gasteiger partial charge in [0.15, 0.2) is 0 Å². The molecule has 1 N–H and O–H groups in total. The molecule has 4 heteroatoms. The van der Waals surface area contributed by atoms with Gasteiger partial charge in [0.05, 0.1) is 0 Å². The van der Waals surface area contributed by atoms with Gasteiger partial charge in [0.2, 0.25) is 0 Å². The number of nitrogens with zero attached hydrogens (tertiary/aromatic N) is 3. The first kappa shape index (κ1) is 16.1. The quantitative estimate of drug-likeness (QED) is 0.862. The molecule has 1 aliphatic rings. The second-order valence-corrected chi connectivity index (χ2v) is 6.79. The topological polar surface area (TPSA) is 41.0 Å². The third-order valence-corrected chi connectivity index (χ3v) is 4.29.